The minimum absolute atomic E-state index is 0.144. The lowest BCUT2D eigenvalue weighted by atomic mass is 9.89. The largest absolute Gasteiger partial charge is 0.399 e. The van der Waals surface area contributed by atoms with Crippen LogP contribution in [0.15, 0.2) is 18.2 Å². The highest BCUT2D eigenvalue weighted by atomic mass is 19.1. The molecule has 2 rings (SSSR count). The number of hydrogen-bond donors (Lipinski definition) is 1. The van der Waals surface area contributed by atoms with Crippen molar-refractivity contribution in [3.05, 3.63) is 29.6 Å². The number of piperidine rings is 1. The summed E-state index contributed by atoms with van der Waals surface area (Å²) in [4.78, 5) is 2.41. The van der Waals surface area contributed by atoms with Crippen LogP contribution in [0.5, 0.6) is 0 Å². The molecule has 1 heterocycles. The van der Waals surface area contributed by atoms with Gasteiger partial charge in [0.25, 0.3) is 0 Å². The third-order valence-corrected chi connectivity index (χ3v) is 3.50. The van der Waals surface area contributed by atoms with Crippen molar-refractivity contribution in [1.29, 1.82) is 0 Å². The maximum absolute atomic E-state index is 13.7. The molecular formula is C13H19FN2. The van der Waals surface area contributed by atoms with Gasteiger partial charge in [0.2, 0.25) is 0 Å². The Hall–Kier alpha value is -1.09. The number of benzene rings is 1. The van der Waals surface area contributed by atoms with E-state index < -0.39 is 0 Å². The molecular weight excluding hydrogens is 203 g/mol. The molecule has 88 valence electrons. The minimum atomic E-state index is -0.144. The first-order valence-corrected chi connectivity index (χ1v) is 5.98. The van der Waals surface area contributed by atoms with Gasteiger partial charge in [0.1, 0.15) is 5.82 Å². The van der Waals surface area contributed by atoms with Gasteiger partial charge in [0, 0.05) is 5.69 Å². The molecule has 3 heteroatoms. The molecule has 16 heavy (non-hydrogen) atoms. The van der Waals surface area contributed by atoms with Crippen LogP contribution in [0.2, 0.25) is 0 Å². The Morgan fingerprint density at radius 1 is 1.38 bits per heavy atom. The van der Waals surface area contributed by atoms with Crippen molar-refractivity contribution in [2.24, 2.45) is 0 Å². The van der Waals surface area contributed by atoms with Gasteiger partial charge in [0.15, 0.2) is 0 Å². The maximum Gasteiger partial charge on any atom is 0.128 e. The predicted octanol–water partition coefficient (Wildman–Crippen LogP) is 2.61. The van der Waals surface area contributed by atoms with E-state index in [1.165, 1.54) is 6.07 Å². The molecule has 0 saturated carbocycles. The highest BCUT2D eigenvalue weighted by Gasteiger charge is 2.21. The average Bonchev–Trinajstić information content (AvgIpc) is 2.29. The molecule has 0 bridgehead atoms. The van der Waals surface area contributed by atoms with Gasteiger partial charge in [-0.05, 0) is 56.1 Å². The zero-order valence-electron chi connectivity index (χ0n) is 9.75. The number of anilines is 1. The van der Waals surface area contributed by atoms with E-state index in [0.29, 0.717) is 11.6 Å². The lowest BCUT2D eigenvalue weighted by Gasteiger charge is -2.31. The van der Waals surface area contributed by atoms with E-state index >= 15 is 0 Å². The van der Waals surface area contributed by atoms with Crippen LogP contribution >= 0.6 is 0 Å². The Balaban J connectivity index is 2.08. The number of nitrogens with two attached hydrogens (primary N) is 1. The second kappa shape index (κ2) is 4.83. The van der Waals surface area contributed by atoms with E-state index in [9.17, 15) is 4.39 Å². The Morgan fingerprint density at radius 2 is 2.06 bits per heavy atom. The summed E-state index contributed by atoms with van der Waals surface area (Å²) in [6.45, 7) is 5.41. The lowest BCUT2D eigenvalue weighted by Crippen LogP contribution is -2.32. The summed E-state index contributed by atoms with van der Waals surface area (Å²) >= 11 is 0. The summed E-state index contributed by atoms with van der Waals surface area (Å²) in [7, 11) is 0. The van der Waals surface area contributed by atoms with Gasteiger partial charge >= 0.3 is 0 Å². The van der Waals surface area contributed by atoms with E-state index in [0.717, 1.165) is 38.0 Å². The van der Waals surface area contributed by atoms with Gasteiger partial charge in [-0.1, -0.05) is 13.0 Å². The average molecular weight is 222 g/mol. The molecule has 1 aromatic carbocycles. The Bertz CT molecular complexity index is 357. The number of nitrogen functional groups attached to an aromatic ring is 1. The normalized spacial score (nSPS) is 18.9. The predicted molar refractivity (Wildman–Crippen MR) is 64.9 cm³/mol. The van der Waals surface area contributed by atoms with Gasteiger partial charge in [-0.2, -0.15) is 0 Å². The molecule has 1 aliphatic heterocycles. The van der Waals surface area contributed by atoms with Gasteiger partial charge in [0.05, 0.1) is 0 Å². The van der Waals surface area contributed by atoms with Crippen molar-refractivity contribution in [1.82, 2.24) is 4.90 Å². The zero-order valence-corrected chi connectivity index (χ0v) is 9.75. The van der Waals surface area contributed by atoms with Crippen LogP contribution in [-0.2, 0) is 0 Å². The maximum atomic E-state index is 13.7. The molecule has 2 N–H and O–H groups in total. The molecule has 0 spiro atoms. The first-order valence-electron chi connectivity index (χ1n) is 5.98. The van der Waals surface area contributed by atoms with E-state index in [1.807, 2.05) is 6.07 Å². The molecule has 1 fully saturated rings. The van der Waals surface area contributed by atoms with E-state index in [-0.39, 0.29) is 5.82 Å². The van der Waals surface area contributed by atoms with E-state index in [1.54, 1.807) is 6.07 Å². The Morgan fingerprint density at radius 3 is 2.62 bits per heavy atom. The summed E-state index contributed by atoms with van der Waals surface area (Å²) in [6.07, 6.45) is 2.10. The smallest absolute Gasteiger partial charge is 0.128 e. The number of rotatable bonds is 2. The molecule has 1 aromatic rings. The van der Waals surface area contributed by atoms with Gasteiger partial charge in [-0.25, -0.2) is 4.39 Å². The van der Waals surface area contributed by atoms with Gasteiger partial charge < -0.3 is 10.6 Å². The van der Waals surface area contributed by atoms with Crippen LogP contribution in [0.3, 0.4) is 0 Å². The van der Waals surface area contributed by atoms with Crippen molar-refractivity contribution in [2.45, 2.75) is 25.7 Å². The quantitative estimate of drug-likeness (QED) is 0.779. The van der Waals surface area contributed by atoms with Crippen molar-refractivity contribution < 1.29 is 4.39 Å². The SMILES string of the molecule is CCN1CCC(c2ccc(N)cc2F)CC1. The second-order valence-electron chi connectivity index (χ2n) is 4.49. The molecule has 0 radical (unpaired) electrons. The fourth-order valence-corrected chi connectivity index (χ4v) is 2.43. The first-order chi connectivity index (χ1) is 7.70. The topological polar surface area (TPSA) is 29.3 Å². The fraction of sp³-hybridized carbons (Fsp3) is 0.538. The Kier molecular flexibility index (Phi) is 3.44. The van der Waals surface area contributed by atoms with E-state index in [2.05, 4.69) is 11.8 Å². The summed E-state index contributed by atoms with van der Waals surface area (Å²) in [5.74, 6) is 0.221. The highest BCUT2D eigenvalue weighted by Crippen LogP contribution is 2.30. The first kappa shape index (κ1) is 11.4. The fourth-order valence-electron chi connectivity index (χ4n) is 2.43. The summed E-state index contributed by atoms with van der Waals surface area (Å²) in [6, 6.07) is 5.07. The Labute approximate surface area is 96.2 Å². The number of hydrogen-bond acceptors (Lipinski definition) is 2. The minimum Gasteiger partial charge on any atom is -0.399 e. The molecule has 0 amide bonds. The van der Waals surface area contributed by atoms with Crippen LogP contribution in [0.4, 0.5) is 10.1 Å². The molecule has 1 saturated heterocycles. The van der Waals surface area contributed by atoms with Crippen LogP contribution in [0, 0.1) is 5.82 Å². The van der Waals surface area contributed by atoms with Crippen LogP contribution in [0.1, 0.15) is 31.2 Å². The van der Waals surface area contributed by atoms with Crippen LogP contribution < -0.4 is 5.73 Å². The van der Waals surface area contributed by atoms with Crippen molar-refractivity contribution in [3.63, 3.8) is 0 Å². The summed E-state index contributed by atoms with van der Waals surface area (Å²) in [5, 5.41) is 0. The van der Waals surface area contributed by atoms with Crippen LogP contribution in [0.25, 0.3) is 0 Å². The number of likely N-dealkylation sites (tertiary alicyclic amines) is 1. The van der Waals surface area contributed by atoms with Gasteiger partial charge in [-0.3, -0.25) is 0 Å². The third-order valence-electron chi connectivity index (χ3n) is 3.50. The monoisotopic (exact) mass is 222 g/mol. The molecule has 1 aliphatic rings. The summed E-state index contributed by atoms with van der Waals surface area (Å²) in [5.41, 5.74) is 6.90. The van der Waals surface area contributed by atoms with Gasteiger partial charge in [-0.15, -0.1) is 0 Å². The zero-order chi connectivity index (χ0) is 11.5. The molecule has 0 unspecified atom stereocenters. The second-order valence-corrected chi connectivity index (χ2v) is 4.49. The lowest BCUT2D eigenvalue weighted by molar-refractivity contribution is 0.220. The third kappa shape index (κ3) is 2.35. The van der Waals surface area contributed by atoms with Crippen molar-refractivity contribution in [3.8, 4) is 0 Å². The molecule has 0 aromatic heterocycles. The van der Waals surface area contributed by atoms with Crippen molar-refractivity contribution >= 4 is 5.69 Å². The van der Waals surface area contributed by atoms with Crippen molar-refractivity contribution in [2.75, 3.05) is 25.4 Å². The van der Waals surface area contributed by atoms with Crippen LogP contribution in [-0.4, -0.2) is 24.5 Å². The number of nitrogens with zero attached hydrogens (tertiary/aromatic N) is 1. The summed E-state index contributed by atoms with van der Waals surface area (Å²) < 4.78 is 13.7. The van der Waals surface area contributed by atoms with E-state index in [4.69, 9.17) is 5.73 Å². The molecule has 0 atom stereocenters. The molecule has 0 aliphatic carbocycles. The number of halogens is 1. The standard InChI is InChI=1S/C13H19FN2/c1-2-16-7-5-10(6-8-16)12-4-3-11(15)9-13(12)14/h3-4,9-10H,2,5-8,15H2,1H3. The highest BCUT2D eigenvalue weighted by molar-refractivity contribution is 5.41. The molecule has 2 nitrogen and oxygen atoms in total.